The first-order chi connectivity index (χ1) is 8.99. The Labute approximate surface area is 114 Å². The Morgan fingerprint density at radius 3 is 2.68 bits per heavy atom. The predicted octanol–water partition coefficient (Wildman–Crippen LogP) is -2.75. The average molecular weight is 292 g/mol. The molecule has 1 fully saturated rings. The summed E-state index contributed by atoms with van der Waals surface area (Å²) >= 11 is 5.05. The third kappa shape index (κ3) is 2.50. The number of nitrogens with one attached hydrogen (secondary N) is 1. The lowest BCUT2D eigenvalue weighted by Crippen LogP contribution is -2.56. The van der Waals surface area contributed by atoms with Gasteiger partial charge in [-0.1, -0.05) is 0 Å². The minimum atomic E-state index is -1.21. The van der Waals surface area contributed by atoms with E-state index in [0.717, 1.165) is 0 Å². The third-order valence-electron chi connectivity index (χ3n) is 3.10. The van der Waals surface area contributed by atoms with Gasteiger partial charge < -0.3 is 29.9 Å². The highest BCUT2D eigenvalue weighted by Gasteiger charge is 2.46. The maximum Gasteiger partial charge on any atom is 0.226 e. The Bertz CT molecular complexity index is 395. The smallest absolute Gasteiger partial charge is 0.226 e. The molecule has 2 aliphatic heterocycles. The molecule has 2 heterocycles. The van der Waals surface area contributed by atoms with E-state index >= 15 is 0 Å². The first-order valence-electron chi connectivity index (χ1n) is 5.62. The maximum atomic E-state index is 9.92. The second kappa shape index (κ2) is 5.53. The van der Waals surface area contributed by atoms with Crippen LogP contribution in [0.5, 0.6) is 0 Å². The van der Waals surface area contributed by atoms with Gasteiger partial charge in [0, 0.05) is 7.05 Å². The van der Waals surface area contributed by atoms with E-state index in [1.54, 1.807) is 11.9 Å². The van der Waals surface area contributed by atoms with Gasteiger partial charge in [-0.25, -0.2) is 5.48 Å². The van der Waals surface area contributed by atoms with Crippen molar-refractivity contribution >= 4 is 23.3 Å². The molecular formula is C9H16N4O5S. The van der Waals surface area contributed by atoms with Crippen molar-refractivity contribution in [3.8, 4) is 0 Å². The number of nitrogens with zero attached hydrogens (tertiary/aromatic N) is 3. The van der Waals surface area contributed by atoms with Gasteiger partial charge in [-0.05, 0) is 12.2 Å². The molecule has 19 heavy (non-hydrogen) atoms. The lowest BCUT2D eigenvalue weighted by atomic mass is 10.1. The van der Waals surface area contributed by atoms with E-state index in [2.05, 4.69) is 4.99 Å². The van der Waals surface area contributed by atoms with Gasteiger partial charge in [0.15, 0.2) is 6.23 Å². The maximum absolute atomic E-state index is 9.92. The van der Waals surface area contributed by atoms with Gasteiger partial charge in [0.2, 0.25) is 11.1 Å². The number of rotatable bonds is 2. The van der Waals surface area contributed by atoms with Crippen LogP contribution in [-0.2, 0) is 4.74 Å². The Morgan fingerprint density at radius 1 is 1.47 bits per heavy atom. The fourth-order valence-corrected chi connectivity index (χ4v) is 2.28. The van der Waals surface area contributed by atoms with Crippen molar-refractivity contribution < 1.29 is 25.3 Å². The molecule has 2 unspecified atom stereocenters. The van der Waals surface area contributed by atoms with Crippen LogP contribution < -0.4 is 5.48 Å². The SMILES string of the molecule is CN1CN([C@@H]2O[C@H](CO)C(O)C2O)C(=S)N=C1NO. The van der Waals surface area contributed by atoms with Gasteiger partial charge in [-0.3, -0.25) is 5.21 Å². The van der Waals surface area contributed by atoms with Crippen molar-refractivity contribution in [1.82, 2.24) is 15.3 Å². The van der Waals surface area contributed by atoms with Gasteiger partial charge in [0.05, 0.1) is 13.3 Å². The number of guanidine groups is 1. The normalized spacial score (nSPS) is 35.6. The molecule has 0 bridgehead atoms. The molecule has 0 aliphatic carbocycles. The number of thiocarbonyl (C=S) groups is 1. The van der Waals surface area contributed by atoms with Gasteiger partial charge in [-0.2, -0.15) is 4.99 Å². The summed E-state index contributed by atoms with van der Waals surface area (Å²) in [6.07, 6.45) is -4.16. The summed E-state index contributed by atoms with van der Waals surface area (Å²) in [7, 11) is 1.65. The predicted molar refractivity (Wildman–Crippen MR) is 67.2 cm³/mol. The Balaban J connectivity index is 2.15. The van der Waals surface area contributed by atoms with Gasteiger partial charge in [-0.15, -0.1) is 0 Å². The molecule has 9 nitrogen and oxygen atoms in total. The summed E-state index contributed by atoms with van der Waals surface area (Å²) in [5.74, 6) is 0.174. The van der Waals surface area contributed by atoms with E-state index in [4.69, 9.17) is 27.3 Å². The summed E-state index contributed by atoms with van der Waals surface area (Å²) in [5.41, 5.74) is 1.90. The monoisotopic (exact) mass is 292 g/mol. The number of aliphatic hydroxyl groups excluding tert-OH is 3. The van der Waals surface area contributed by atoms with Crippen LogP contribution in [0.1, 0.15) is 0 Å². The van der Waals surface area contributed by atoms with E-state index in [-0.39, 0.29) is 17.7 Å². The molecule has 0 radical (unpaired) electrons. The highest BCUT2D eigenvalue weighted by molar-refractivity contribution is 7.80. The zero-order valence-corrected chi connectivity index (χ0v) is 11.0. The Kier molecular flexibility index (Phi) is 4.18. The first-order valence-corrected chi connectivity index (χ1v) is 6.03. The highest BCUT2D eigenvalue weighted by atomic mass is 32.1. The van der Waals surface area contributed by atoms with E-state index in [0.29, 0.717) is 0 Å². The minimum absolute atomic E-state index is 0.101. The van der Waals surface area contributed by atoms with Crippen LogP contribution in [0, 0.1) is 0 Å². The van der Waals surface area contributed by atoms with Crippen LogP contribution >= 0.6 is 12.2 Å². The fraction of sp³-hybridized carbons (Fsp3) is 0.778. The number of aliphatic hydroxyl groups is 3. The summed E-state index contributed by atoms with van der Waals surface area (Å²) in [6, 6.07) is 0. The second-order valence-electron chi connectivity index (χ2n) is 4.37. The molecule has 0 amide bonds. The van der Waals surface area contributed by atoms with Crippen molar-refractivity contribution in [3.05, 3.63) is 0 Å². The number of hydroxylamine groups is 1. The molecule has 4 atom stereocenters. The Morgan fingerprint density at radius 2 is 2.16 bits per heavy atom. The minimum Gasteiger partial charge on any atom is -0.394 e. The summed E-state index contributed by atoms with van der Waals surface area (Å²) in [5, 5.41) is 37.6. The molecule has 0 aromatic rings. The zero-order valence-electron chi connectivity index (χ0n) is 10.2. The van der Waals surface area contributed by atoms with Gasteiger partial charge in [0.1, 0.15) is 18.3 Å². The van der Waals surface area contributed by atoms with E-state index in [9.17, 15) is 10.2 Å². The second-order valence-corrected chi connectivity index (χ2v) is 4.73. The fourth-order valence-electron chi connectivity index (χ4n) is 2.03. The van der Waals surface area contributed by atoms with Gasteiger partial charge in [0.25, 0.3) is 0 Å². The molecule has 0 saturated carbocycles. The topological polar surface area (TPSA) is 121 Å². The van der Waals surface area contributed by atoms with Crippen molar-refractivity contribution in [2.24, 2.45) is 4.99 Å². The number of aliphatic imine (C=N–C) groups is 1. The van der Waals surface area contributed by atoms with Crippen LogP contribution in [0.25, 0.3) is 0 Å². The summed E-state index contributed by atoms with van der Waals surface area (Å²) in [4.78, 5) is 6.93. The van der Waals surface area contributed by atoms with Crippen molar-refractivity contribution in [1.29, 1.82) is 0 Å². The largest absolute Gasteiger partial charge is 0.394 e. The van der Waals surface area contributed by atoms with Crippen molar-refractivity contribution in [2.75, 3.05) is 20.3 Å². The molecule has 10 heteroatoms. The summed E-state index contributed by atoms with van der Waals surface area (Å²) < 4.78 is 5.37. The van der Waals surface area contributed by atoms with Crippen LogP contribution in [0.2, 0.25) is 0 Å². The number of ether oxygens (including phenoxy) is 1. The van der Waals surface area contributed by atoms with Gasteiger partial charge >= 0.3 is 0 Å². The molecule has 0 aromatic heterocycles. The molecule has 2 aliphatic rings. The standard InChI is InChI=1S/C9H16N4O5S/c1-12-3-13(9(19)10-8(12)11-17)7-6(16)5(15)4(2-14)18-7/h4-7,14-17H,2-3H2,1H3,(H,10,11,19)/t4-,5?,6?,7-/m1/s1. The van der Waals surface area contributed by atoms with Crippen LogP contribution in [0.15, 0.2) is 4.99 Å². The van der Waals surface area contributed by atoms with E-state index in [1.807, 2.05) is 5.48 Å². The molecule has 0 spiro atoms. The average Bonchev–Trinajstić information content (AvgIpc) is 2.68. The zero-order chi connectivity index (χ0) is 14.2. The molecule has 2 rings (SSSR count). The number of hydrogen-bond donors (Lipinski definition) is 5. The molecule has 108 valence electrons. The molecular weight excluding hydrogens is 276 g/mol. The van der Waals surface area contributed by atoms with Crippen LogP contribution in [0.3, 0.4) is 0 Å². The Hall–Kier alpha value is -1.04. The summed E-state index contributed by atoms with van der Waals surface area (Å²) in [6.45, 7) is -0.199. The molecule has 5 N–H and O–H groups in total. The third-order valence-corrected chi connectivity index (χ3v) is 3.42. The first kappa shape index (κ1) is 14.4. The van der Waals surface area contributed by atoms with E-state index < -0.39 is 31.1 Å². The van der Waals surface area contributed by atoms with Crippen molar-refractivity contribution in [2.45, 2.75) is 24.5 Å². The lowest BCUT2D eigenvalue weighted by Gasteiger charge is -2.38. The van der Waals surface area contributed by atoms with Crippen LogP contribution in [-0.4, -0.2) is 86.3 Å². The van der Waals surface area contributed by atoms with E-state index in [1.165, 1.54) is 4.90 Å². The lowest BCUT2D eigenvalue weighted by molar-refractivity contribution is -0.0795. The van der Waals surface area contributed by atoms with Crippen LogP contribution in [0.4, 0.5) is 0 Å². The number of hydrogen-bond acceptors (Lipinski definition) is 8. The molecule has 1 saturated heterocycles. The quantitative estimate of drug-likeness (QED) is 0.272. The molecule has 0 aromatic carbocycles. The highest BCUT2D eigenvalue weighted by Crippen LogP contribution is 2.25. The van der Waals surface area contributed by atoms with Crippen molar-refractivity contribution in [3.63, 3.8) is 0 Å².